The highest BCUT2D eigenvalue weighted by molar-refractivity contribution is 4.99. The van der Waals surface area contributed by atoms with Gasteiger partial charge in [-0.25, -0.2) is 0 Å². The Bertz CT molecular complexity index is 109. The van der Waals surface area contributed by atoms with Gasteiger partial charge in [-0.3, -0.25) is 4.90 Å². The molecule has 1 fully saturated rings. The lowest BCUT2D eigenvalue weighted by molar-refractivity contribution is 0.337. The molecule has 1 heterocycles. The highest BCUT2D eigenvalue weighted by Crippen LogP contribution is 2.01. The number of hydrogen-bond donors (Lipinski definition) is 1. The minimum atomic E-state index is 0.993. The topological polar surface area (TPSA) is 15.3 Å². The SMILES string of the molecule is C=C1CN(CCC)CN1. The van der Waals surface area contributed by atoms with Crippen LogP contribution in [0.5, 0.6) is 0 Å². The molecule has 0 aromatic heterocycles. The van der Waals surface area contributed by atoms with Gasteiger partial charge >= 0.3 is 0 Å². The van der Waals surface area contributed by atoms with Crippen molar-refractivity contribution < 1.29 is 0 Å². The van der Waals surface area contributed by atoms with Crippen LogP contribution in [-0.2, 0) is 0 Å². The Labute approximate surface area is 56.5 Å². The van der Waals surface area contributed by atoms with E-state index < -0.39 is 0 Å². The van der Waals surface area contributed by atoms with E-state index in [9.17, 15) is 0 Å². The van der Waals surface area contributed by atoms with Gasteiger partial charge in [0.1, 0.15) is 0 Å². The van der Waals surface area contributed by atoms with Crippen LogP contribution in [0.25, 0.3) is 0 Å². The van der Waals surface area contributed by atoms with Crippen molar-refractivity contribution in [2.75, 3.05) is 19.8 Å². The third-order valence-corrected chi connectivity index (χ3v) is 1.51. The molecule has 0 atom stereocenters. The van der Waals surface area contributed by atoms with Crippen molar-refractivity contribution in [2.45, 2.75) is 13.3 Å². The number of nitrogens with zero attached hydrogens (tertiary/aromatic N) is 1. The van der Waals surface area contributed by atoms with Gasteiger partial charge in [-0.15, -0.1) is 0 Å². The molecule has 0 spiro atoms. The monoisotopic (exact) mass is 126 g/mol. The number of nitrogens with one attached hydrogen (secondary N) is 1. The molecule has 0 unspecified atom stereocenters. The molecular formula is C7H14N2. The first-order valence-corrected chi connectivity index (χ1v) is 3.47. The first-order chi connectivity index (χ1) is 4.33. The summed E-state index contributed by atoms with van der Waals surface area (Å²) in [6.45, 7) is 9.24. The van der Waals surface area contributed by atoms with Crippen LogP contribution in [0.4, 0.5) is 0 Å². The van der Waals surface area contributed by atoms with Crippen molar-refractivity contribution in [3.05, 3.63) is 12.3 Å². The summed E-state index contributed by atoms with van der Waals surface area (Å²) >= 11 is 0. The minimum Gasteiger partial charge on any atom is -0.375 e. The lowest BCUT2D eigenvalue weighted by Crippen LogP contribution is -2.22. The summed E-state index contributed by atoms with van der Waals surface area (Å²) in [5.41, 5.74) is 1.16. The van der Waals surface area contributed by atoms with Crippen LogP contribution < -0.4 is 5.32 Å². The van der Waals surface area contributed by atoms with E-state index in [4.69, 9.17) is 0 Å². The number of rotatable bonds is 2. The maximum absolute atomic E-state index is 3.83. The normalized spacial score (nSPS) is 20.3. The molecule has 1 aliphatic heterocycles. The maximum Gasteiger partial charge on any atom is 0.0679 e. The zero-order valence-electron chi connectivity index (χ0n) is 5.98. The Morgan fingerprint density at radius 2 is 2.56 bits per heavy atom. The molecule has 0 radical (unpaired) electrons. The molecule has 1 aliphatic rings. The van der Waals surface area contributed by atoms with Crippen molar-refractivity contribution in [1.82, 2.24) is 10.2 Å². The average Bonchev–Trinajstić information content (AvgIpc) is 2.17. The highest BCUT2D eigenvalue weighted by Gasteiger charge is 2.11. The van der Waals surface area contributed by atoms with Crippen molar-refractivity contribution in [1.29, 1.82) is 0 Å². The average molecular weight is 126 g/mol. The van der Waals surface area contributed by atoms with Gasteiger partial charge in [0.2, 0.25) is 0 Å². The van der Waals surface area contributed by atoms with Crippen LogP contribution in [0.1, 0.15) is 13.3 Å². The quantitative estimate of drug-likeness (QED) is 0.588. The molecule has 1 N–H and O–H groups in total. The zero-order chi connectivity index (χ0) is 6.69. The summed E-state index contributed by atoms with van der Waals surface area (Å²) in [5, 5.41) is 3.19. The summed E-state index contributed by atoms with van der Waals surface area (Å²) in [6.07, 6.45) is 1.23. The molecule has 0 bridgehead atoms. The molecule has 0 aromatic carbocycles. The van der Waals surface area contributed by atoms with Crippen molar-refractivity contribution in [3.8, 4) is 0 Å². The van der Waals surface area contributed by atoms with Gasteiger partial charge in [0.05, 0.1) is 6.67 Å². The van der Waals surface area contributed by atoms with E-state index in [0.717, 1.165) is 18.9 Å². The van der Waals surface area contributed by atoms with Crippen LogP contribution in [0, 0.1) is 0 Å². The Hall–Kier alpha value is -0.500. The van der Waals surface area contributed by atoms with Gasteiger partial charge in [0.15, 0.2) is 0 Å². The summed E-state index contributed by atoms with van der Waals surface area (Å²) < 4.78 is 0. The number of hydrogen-bond acceptors (Lipinski definition) is 2. The second kappa shape index (κ2) is 2.87. The van der Waals surface area contributed by atoms with Gasteiger partial charge in [0.25, 0.3) is 0 Å². The fourth-order valence-corrected chi connectivity index (χ4v) is 1.08. The molecule has 2 nitrogen and oxygen atoms in total. The molecular weight excluding hydrogens is 112 g/mol. The Balaban J connectivity index is 2.22. The van der Waals surface area contributed by atoms with E-state index in [0.29, 0.717) is 0 Å². The first kappa shape index (κ1) is 6.62. The summed E-state index contributed by atoms with van der Waals surface area (Å²) in [6, 6.07) is 0. The van der Waals surface area contributed by atoms with Crippen LogP contribution in [0.2, 0.25) is 0 Å². The van der Waals surface area contributed by atoms with Crippen molar-refractivity contribution >= 4 is 0 Å². The van der Waals surface area contributed by atoms with Gasteiger partial charge in [-0.1, -0.05) is 13.5 Å². The smallest absolute Gasteiger partial charge is 0.0679 e. The molecule has 2 heteroatoms. The molecule has 0 saturated carbocycles. The summed E-state index contributed by atoms with van der Waals surface area (Å²) in [4.78, 5) is 2.35. The van der Waals surface area contributed by atoms with E-state index in [-0.39, 0.29) is 0 Å². The molecule has 1 rings (SSSR count). The van der Waals surface area contributed by atoms with Crippen LogP contribution in [-0.4, -0.2) is 24.7 Å². The molecule has 0 amide bonds. The van der Waals surface area contributed by atoms with Crippen LogP contribution in [0.15, 0.2) is 12.3 Å². The second-order valence-electron chi connectivity index (χ2n) is 2.49. The minimum absolute atomic E-state index is 0.993. The van der Waals surface area contributed by atoms with Gasteiger partial charge < -0.3 is 5.32 Å². The Morgan fingerprint density at radius 1 is 1.78 bits per heavy atom. The second-order valence-corrected chi connectivity index (χ2v) is 2.49. The highest BCUT2D eigenvalue weighted by atomic mass is 15.3. The maximum atomic E-state index is 3.83. The van der Waals surface area contributed by atoms with E-state index in [2.05, 4.69) is 23.7 Å². The van der Waals surface area contributed by atoms with Gasteiger partial charge in [-0.2, -0.15) is 0 Å². The third-order valence-electron chi connectivity index (χ3n) is 1.51. The van der Waals surface area contributed by atoms with Crippen molar-refractivity contribution in [2.24, 2.45) is 0 Å². The van der Waals surface area contributed by atoms with Crippen LogP contribution in [0.3, 0.4) is 0 Å². The standard InChI is InChI=1S/C7H14N2/c1-3-4-9-5-7(2)8-6-9/h8H,2-6H2,1H3. The van der Waals surface area contributed by atoms with E-state index in [1.807, 2.05) is 0 Å². The predicted octanol–water partition coefficient (Wildman–Crippen LogP) is 0.773. The third kappa shape index (κ3) is 1.72. The predicted molar refractivity (Wildman–Crippen MR) is 39.0 cm³/mol. The van der Waals surface area contributed by atoms with Crippen molar-refractivity contribution in [3.63, 3.8) is 0 Å². The lowest BCUT2D eigenvalue weighted by atomic mass is 10.4. The largest absolute Gasteiger partial charge is 0.375 e. The fraction of sp³-hybridized carbons (Fsp3) is 0.714. The van der Waals surface area contributed by atoms with E-state index in [1.54, 1.807) is 0 Å². The lowest BCUT2D eigenvalue weighted by Gasteiger charge is -2.09. The van der Waals surface area contributed by atoms with Gasteiger partial charge in [0, 0.05) is 12.2 Å². The zero-order valence-corrected chi connectivity index (χ0v) is 5.98. The van der Waals surface area contributed by atoms with E-state index in [1.165, 1.54) is 13.0 Å². The summed E-state index contributed by atoms with van der Waals surface area (Å²) in [5.74, 6) is 0. The summed E-state index contributed by atoms with van der Waals surface area (Å²) in [7, 11) is 0. The molecule has 52 valence electrons. The van der Waals surface area contributed by atoms with Crippen LogP contribution >= 0.6 is 0 Å². The molecule has 1 saturated heterocycles. The molecule has 0 aliphatic carbocycles. The Kier molecular flexibility index (Phi) is 2.11. The molecule has 9 heavy (non-hydrogen) atoms. The Morgan fingerprint density at radius 3 is 3.00 bits per heavy atom. The van der Waals surface area contributed by atoms with Gasteiger partial charge in [-0.05, 0) is 13.0 Å². The molecule has 0 aromatic rings. The van der Waals surface area contributed by atoms with E-state index >= 15 is 0 Å². The fourth-order valence-electron chi connectivity index (χ4n) is 1.08. The first-order valence-electron chi connectivity index (χ1n) is 3.47.